The highest BCUT2D eigenvalue weighted by atomic mass is 16.1. The Hall–Kier alpha value is -1.93. The fourth-order valence-electron chi connectivity index (χ4n) is 3.15. The average Bonchev–Trinajstić information content (AvgIpc) is 2.60. The molecule has 2 heteroatoms. The second-order valence-corrected chi connectivity index (χ2v) is 5.81. The Morgan fingerprint density at radius 3 is 1.82 bits per heavy atom. The zero-order chi connectivity index (χ0) is 16.0. The molecule has 0 fully saturated rings. The molecule has 1 atom stereocenters. The predicted molar refractivity (Wildman–Crippen MR) is 92.1 cm³/mol. The molecular formula is C20H25NO. The Morgan fingerprint density at radius 1 is 1.00 bits per heavy atom. The van der Waals surface area contributed by atoms with E-state index in [1.54, 1.807) is 0 Å². The van der Waals surface area contributed by atoms with Crippen LogP contribution in [0.4, 0.5) is 0 Å². The number of nitrogens with one attached hydrogen (secondary N) is 1. The van der Waals surface area contributed by atoms with Crippen molar-refractivity contribution in [3.63, 3.8) is 0 Å². The van der Waals surface area contributed by atoms with E-state index in [0.717, 1.165) is 17.5 Å². The highest BCUT2D eigenvalue weighted by molar-refractivity contribution is 5.93. The summed E-state index contributed by atoms with van der Waals surface area (Å²) in [6, 6.07) is 20.6. The molecule has 116 valence electrons. The van der Waals surface area contributed by atoms with Crippen LogP contribution in [0.3, 0.4) is 0 Å². The number of rotatable bonds is 7. The first-order chi connectivity index (χ1) is 10.6. The molecule has 0 radical (unpaired) electrons. The SMILES string of the molecule is CCC(=O)C(CC(C)NC)(c1ccccc1)c1ccccc1. The highest BCUT2D eigenvalue weighted by Gasteiger charge is 2.41. The normalized spacial score (nSPS) is 12.9. The fourth-order valence-corrected chi connectivity index (χ4v) is 3.15. The van der Waals surface area contributed by atoms with E-state index in [0.29, 0.717) is 6.42 Å². The highest BCUT2D eigenvalue weighted by Crippen LogP contribution is 2.38. The number of benzene rings is 2. The third-order valence-corrected chi connectivity index (χ3v) is 4.44. The van der Waals surface area contributed by atoms with Crippen LogP contribution >= 0.6 is 0 Å². The lowest BCUT2D eigenvalue weighted by Crippen LogP contribution is -2.42. The standard InChI is InChI=1S/C20H25NO/c1-4-19(22)20(15-16(2)21-3,17-11-7-5-8-12-17)18-13-9-6-10-14-18/h5-14,16,21H,4,15H2,1-3H3. The summed E-state index contributed by atoms with van der Waals surface area (Å²) in [4.78, 5) is 13.1. The molecule has 2 rings (SSSR count). The van der Waals surface area contributed by atoms with Gasteiger partial charge in [-0.05, 0) is 31.5 Å². The first-order valence-electron chi connectivity index (χ1n) is 7.96. The molecule has 2 nitrogen and oxygen atoms in total. The van der Waals surface area contributed by atoms with Crippen LogP contribution in [0.25, 0.3) is 0 Å². The van der Waals surface area contributed by atoms with E-state index in [9.17, 15) is 4.79 Å². The Bertz CT molecular complexity index is 552. The summed E-state index contributed by atoms with van der Waals surface area (Å²) in [6.45, 7) is 4.08. The van der Waals surface area contributed by atoms with Gasteiger partial charge in [-0.15, -0.1) is 0 Å². The number of Topliss-reactive ketones (excluding diaryl/α,β-unsaturated/α-hetero) is 1. The molecular weight excluding hydrogens is 270 g/mol. The molecule has 0 bridgehead atoms. The second-order valence-electron chi connectivity index (χ2n) is 5.81. The third-order valence-electron chi connectivity index (χ3n) is 4.44. The molecule has 2 aromatic carbocycles. The van der Waals surface area contributed by atoms with Crippen molar-refractivity contribution in [1.82, 2.24) is 5.32 Å². The minimum absolute atomic E-state index is 0.246. The maximum absolute atomic E-state index is 13.1. The lowest BCUT2D eigenvalue weighted by atomic mass is 9.67. The van der Waals surface area contributed by atoms with Crippen LogP contribution in [0.15, 0.2) is 60.7 Å². The van der Waals surface area contributed by atoms with Crippen LogP contribution in [-0.2, 0) is 10.2 Å². The molecule has 0 saturated carbocycles. The van der Waals surface area contributed by atoms with Crippen molar-refractivity contribution in [2.45, 2.75) is 38.1 Å². The van der Waals surface area contributed by atoms with Gasteiger partial charge < -0.3 is 5.32 Å². The second kappa shape index (κ2) is 7.37. The quantitative estimate of drug-likeness (QED) is 0.838. The molecule has 1 unspecified atom stereocenters. The van der Waals surface area contributed by atoms with E-state index in [1.807, 2.05) is 50.4 Å². The van der Waals surface area contributed by atoms with Gasteiger partial charge in [0.15, 0.2) is 0 Å². The van der Waals surface area contributed by atoms with E-state index in [-0.39, 0.29) is 11.8 Å². The Morgan fingerprint density at radius 2 is 1.45 bits per heavy atom. The van der Waals surface area contributed by atoms with Gasteiger partial charge in [0.1, 0.15) is 5.78 Å². The van der Waals surface area contributed by atoms with Crippen molar-refractivity contribution < 1.29 is 4.79 Å². The zero-order valence-electron chi connectivity index (χ0n) is 13.7. The number of hydrogen-bond acceptors (Lipinski definition) is 2. The van der Waals surface area contributed by atoms with E-state index >= 15 is 0 Å². The summed E-state index contributed by atoms with van der Waals surface area (Å²) in [6.07, 6.45) is 1.28. The zero-order valence-corrected chi connectivity index (χ0v) is 13.7. The fraction of sp³-hybridized carbons (Fsp3) is 0.350. The summed E-state index contributed by atoms with van der Waals surface area (Å²) in [5.74, 6) is 0.270. The van der Waals surface area contributed by atoms with Gasteiger partial charge in [-0.2, -0.15) is 0 Å². The average molecular weight is 295 g/mol. The molecule has 0 heterocycles. The van der Waals surface area contributed by atoms with Gasteiger partial charge in [0.05, 0.1) is 5.41 Å². The summed E-state index contributed by atoms with van der Waals surface area (Å²) < 4.78 is 0. The van der Waals surface area contributed by atoms with Crippen molar-refractivity contribution in [3.05, 3.63) is 71.8 Å². The summed E-state index contributed by atoms with van der Waals surface area (Å²) >= 11 is 0. The van der Waals surface area contributed by atoms with E-state index < -0.39 is 5.41 Å². The van der Waals surface area contributed by atoms with Gasteiger partial charge >= 0.3 is 0 Å². The Balaban J connectivity index is 2.66. The van der Waals surface area contributed by atoms with Crippen molar-refractivity contribution in [2.24, 2.45) is 0 Å². The van der Waals surface area contributed by atoms with Crippen LogP contribution in [0.2, 0.25) is 0 Å². The number of carbonyl (C=O) groups excluding carboxylic acids is 1. The first kappa shape index (κ1) is 16.4. The van der Waals surface area contributed by atoms with Crippen molar-refractivity contribution >= 4 is 5.78 Å². The Kier molecular flexibility index (Phi) is 5.51. The monoisotopic (exact) mass is 295 g/mol. The van der Waals surface area contributed by atoms with Crippen molar-refractivity contribution in [3.8, 4) is 0 Å². The van der Waals surface area contributed by atoms with Crippen molar-refractivity contribution in [1.29, 1.82) is 0 Å². The number of carbonyl (C=O) groups is 1. The minimum atomic E-state index is -0.584. The minimum Gasteiger partial charge on any atom is -0.317 e. The maximum Gasteiger partial charge on any atom is 0.147 e. The smallest absolute Gasteiger partial charge is 0.147 e. The Labute approximate surface area is 133 Å². The summed E-state index contributed by atoms with van der Waals surface area (Å²) in [5.41, 5.74) is 1.57. The molecule has 0 spiro atoms. The van der Waals surface area contributed by atoms with Gasteiger partial charge in [-0.25, -0.2) is 0 Å². The van der Waals surface area contributed by atoms with Crippen LogP contribution in [0, 0.1) is 0 Å². The lowest BCUT2D eigenvalue weighted by Gasteiger charge is -2.36. The van der Waals surface area contributed by atoms with Gasteiger partial charge in [-0.3, -0.25) is 4.79 Å². The molecule has 0 amide bonds. The van der Waals surface area contributed by atoms with E-state index in [2.05, 4.69) is 36.5 Å². The maximum atomic E-state index is 13.1. The molecule has 0 aliphatic rings. The van der Waals surface area contributed by atoms with Gasteiger partial charge in [-0.1, -0.05) is 67.6 Å². The molecule has 0 saturated heterocycles. The van der Waals surface area contributed by atoms with Crippen LogP contribution in [-0.4, -0.2) is 18.9 Å². The van der Waals surface area contributed by atoms with Crippen LogP contribution in [0.1, 0.15) is 37.8 Å². The van der Waals surface area contributed by atoms with Gasteiger partial charge in [0.25, 0.3) is 0 Å². The van der Waals surface area contributed by atoms with E-state index in [4.69, 9.17) is 0 Å². The summed E-state index contributed by atoms with van der Waals surface area (Å²) in [5, 5.41) is 3.29. The third kappa shape index (κ3) is 3.12. The molecule has 0 aliphatic carbocycles. The van der Waals surface area contributed by atoms with Gasteiger partial charge in [0.2, 0.25) is 0 Å². The molecule has 2 aromatic rings. The van der Waals surface area contributed by atoms with Crippen molar-refractivity contribution in [2.75, 3.05) is 7.05 Å². The largest absolute Gasteiger partial charge is 0.317 e. The van der Waals surface area contributed by atoms with Crippen LogP contribution < -0.4 is 5.32 Å². The molecule has 0 aliphatic heterocycles. The van der Waals surface area contributed by atoms with Gasteiger partial charge in [0, 0.05) is 12.5 Å². The first-order valence-corrected chi connectivity index (χ1v) is 7.96. The van der Waals surface area contributed by atoms with Crippen LogP contribution in [0.5, 0.6) is 0 Å². The predicted octanol–water partition coefficient (Wildman–Crippen LogP) is 3.95. The summed E-state index contributed by atoms with van der Waals surface area (Å²) in [7, 11) is 1.95. The van der Waals surface area contributed by atoms with E-state index in [1.165, 1.54) is 0 Å². The molecule has 1 N–H and O–H groups in total. The lowest BCUT2D eigenvalue weighted by molar-refractivity contribution is -0.123. The topological polar surface area (TPSA) is 29.1 Å². The molecule has 22 heavy (non-hydrogen) atoms. The molecule has 0 aromatic heterocycles. The number of ketones is 1. The number of hydrogen-bond donors (Lipinski definition) is 1.